The molecule has 0 heterocycles. The largest absolute Gasteiger partial charge is 0.489 e. The Hall–Kier alpha value is -4.14. The number of halogens is 1. The van der Waals surface area contributed by atoms with E-state index in [0.29, 0.717) is 29.5 Å². The number of hydrogen-bond donors (Lipinski definition) is 1. The van der Waals surface area contributed by atoms with Crippen LogP contribution in [0.5, 0.6) is 5.75 Å². The number of sulfonamides is 1. The quantitative estimate of drug-likeness (QED) is 0.172. The molecule has 0 atom stereocenters. The maximum atomic E-state index is 13.6. The molecule has 0 saturated carbocycles. The minimum absolute atomic E-state index is 0.110. The third-order valence-electron chi connectivity index (χ3n) is 6.14. The second kappa shape index (κ2) is 13.3. The standard InChI is InChI=1S/C31H30ClN3O4S/c1-3-26-6-4-5-7-30(26)35(40(37,38)29-18-8-23(2)9-19-29)21-31(36)34-33-20-24-12-16-28(17-13-24)39-22-25-10-14-27(32)15-11-25/h4-20H,3,21-22H2,1-2H3,(H,34,36)/b33-20-. The number of para-hydroxylation sites is 1. The van der Waals surface area contributed by atoms with Crippen LogP contribution in [0.3, 0.4) is 0 Å². The SMILES string of the molecule is CCc1ccccc1N(CC(=O)N/N=C\c1ccc(OCc2ccc(Cl)cc2)cc1)S(=O)(=O)c1ccc(C)cc1. The van der Waals surface area contributed by atoms with Gasteiger partial charge in [-0.3, -0.25) is 9.10 Å². The first-order valence-corrected chi connectivity index (χ1v) is 14.5. The summed E-state index contributed by atoms with van der Waals surface area (Å²) >= 11 is 5.91. The number of nitrogens with zero attached hydrogens (tertiary/aromatic N) is 2. The predicted octanol–water partition coefficient (Wildman–Crippen LogP) is 6.14. The normalized spacial score (nSPS) is 11.4. The Morgan fingerprint density at radius 3 is 2.30 bits per heavy atom. The van der Waals surface area contributed by atoms with Gasteiger partial charge >= 0.3 is 0 Å². The van der Waals surface area contributed by atoms with E-state index in [2.05, 4.69) is 10.5 Å². The van der Waals surface area contributed by atoms with Crippen molar-refractivity contribution in [3.05, 3.63) is 124 Å². The Morgan fingerprint density at radius 2 is 1.62 bits per heavy atom. The molecule has 9 heteroatoms. The molecule has 0 unspecified atom stereocenters. The molecule has 0 aliphatic carbocycles. The molecule has 0 radical (unpaired) electrons. The minimum atomic E-state index is -4.01. The monoisotopic (exact) mass is 575 g/mol. The van der Waals surface area contributed by atoms with Gasteiger partial charge in [-0.2, -0.15) is 5.10 Å². The van der Waals surface area contributed by atoms with Crippen LogP contribution < -0.4 is 14.5 Å². The van der Waals surface area contributed by atoms with Crippen molar-refractivity contribution < 1.29 is 17.9 Å². The van der Waals surface area contributed by atoms with Gasteiger partial charge in [0, 0.05) is 5.02 Å². The lowest BCUT2D eigenvalue weighted by Gasteiger charge is -2.25. The number of amides is 1. The summed E-state index contributed by atoms with van der Waals surface area (Å²) in [5.41, 5.74) is 6.39. The van der Waals surface area contributed by atoms with E-state index in [-0.39, 0.29) is 4.90 Å². The van der Waals surface area contributed by atoms with Gasteiger partial charge in [0.25, 0.3) is 15.9 Å². The second-order valence-electron chi connectivity index (χ2n) is 9.08. The van der Waals surface area contributed by atoms with Crippen LogP contribution in [0.1, 0.15) is 29.2 Å². The lowest BCUT2D eigenvalue weighted by Crippen LogP contribution is -2.40. The van der Waals surface area contributed by atoms with E-state index in [1.54, 1.807) is 60.7 Å². The van der Waals surface area contributed by atoms with Crippen LogP contribution in [0.15, 0.2) is 107 Å². The Morgan fingerprint density at radius 1 is 0.950 bits per heavy atom. The molecule has 1 N–H and O–H groups in total. The highest BCUT2D eigenvalue weighted by molar-refractivity contribution is 7.92. The number of hydrazone groups is 1. The molecule has 0 saturated heterocycles. The molecule has 1 amide bonds. The van der Waals surface area contributed by atoms with Crippen molar-refractivity contribution >= 4 is 39.4 Å². The van der Waals surface area contributed by atoms with E-state index in [1.807, 2.05) is 50.2 Å². The van der Waals surface area contributed by atoms with Crippen molar-refractivity contribution in [1.82, 2.24) is 5.43 Å². The van der Waals surface area contributed by atoms with Crippen LogP contribution in [0.25, 0.3) is 0 Å². The number of anilines is 1. The van der Waals surface area contributed by atoms with Crippen molar-refractivity contribution in [2.24, 2.45) is 5.10 Å². The molecule has 40 heavy (non-hydrogen) atoms. The van der Waals surface area contributed by atoms with Gasteiger partial charge in [0.1, 0.15) is 18.9 Å². The van der Waals surface area contributed by atoms with E-state index >= 15 is 0 Å². The van der Waals surface area contributed by atoms with Gasteiger partial charge in [0.05, 0.1) is 16.8 Å². The van der Waals surface area contributed by atoms with Gasteiger partial charge in [0.2, 0.25) is 0 Å². The summed E-state index contributed by atoms with van der Waals surface area (Å²) in [6.07, 6.45) is 2.09. The number of hydrogen-bond acceptors (Lipinski definition) is 5. The molecule has 7 nitrogen and oxygen atoms in total. The molecule has 0 aliphatic rings. The summed E-state index contributed by atoms with van der Waals surface area (Å²) in [5, 5.41) is 4.70. The smallest absolute Gasteiger partial charge is 0.264 e. The Bertz CT molecular complexity index is 1570. The van der Waals surface area contributed by atoms with E-state index in [9.17, 15) is 13.2 Å². The molecule has 4 rings (SSSR count). The number of benzene rings is 4. The van der Waals surface area contributed by atoms with Crippen molar-refractivity contribution in [2.75, 3.05) is 10.8 Å². The van der Waals surface area contributed by atoms with E-state index in [4.69, 9.17) is 16.3 Å². The summed E-state index contributed by atoms with van der Waals surface area (Å²) in [5.74, 6) is 0.114. The Balaban J connectivity index is 1.43. The highest BCUT2D eigenvalue weighted by atomic mass is 35.5. The molecule has 0 spiro atoms. The Kier molecular flexibility index (Phi) is 9.58. The maximum Gasteiger partial charge on any atom is 0.264 e. The fraction of sp³-hybridized carbons (Fsp3) is 0.161. The predicted molar refractivity (Wildman–Crippen MR) is 159 cm³/mol. The summed E-state index contributed by atoms with van der Waals surface area (Å²) in [7, 11) is -4.01. The zero-order valence-corrected chi connectivity index (χ0v) is 23.8. The second-order valence-corrected chi connectivity index (χ2v) is 11.4. The van der Waals surface area contributed by atoms with Crippen LogP contribution in [0.2, 0.25) is 5.02 Å². The lowest BCUT2D eigenvalue weighted by atomic mass is 10.1. The van der Waals surface area contributed by atoms with Crippen molar-refractivity contribution in [3.8, 4) is 5.75 Å². The highest BCUT2D eigenvalue weighted by Gasteiger charge is 2.28. The zero-order chi connectivity index (χ0) is 28.5. The van der Waals surface area contributed by atoms with Crippen LogP contribution in [0.4, 0.5) is 5.69 Å². The van der Waals surface area contributed by atoms with Gasteiger partial charge in [-0.15, -0.1) is 0 Å². The number of rotatable bonds is 11. The number of carbonyl (C=O) groups excluding carboxylic acids is 1. The molecule has 4 aromatic carbocycles. The summed E-state index contributed by atoms with van der Waals surface area (Å²) in [6.45, 7) is 3.80. The topological polar surface area (TPSA) is 88.1 Å². The molecule has 206 valence electrons. The van der Waals surface area contributed by atoms with E-state index in [1.165, 1.54) is 6.21 Å². The van der Waals surface area contributed by atoms with Crippen molar-refractivity contribution in [1.29, 1.82) is 0 Å². The summed E-state index contributed by atoms with van der Waals surface area (Å²) in [4.78, 5) is 13.0. The van der Waals surface area contributed by atoms with Crippen LogP contribution in [-0.4, -0.2) is 27.1 Å². The van der Waals surface area contributed by atoms with Crippen LogP contribution in [0, 0.1) is 6.92 Å². The maximum absolute atomic E-state index is 13.6. The first kappa shape index (κ1) is 28.9. The number of nitrogens with one attached hydrogen (secondary N) is 1. The fourth-order valence-corrected chi connectivity index (χ4v) is 5.52. The number of carbonyl (C=O) groups is 1. The molecule has 0 fully saturated rings. The van der Waals surface area contributed by atoms with Crippen molar-refractivity contribution in [3.63, 3.8) is 0 Å². The molecule has 0 aliphatic heterocycles. The molecule has 4 aromatic rings. The molecular weight excluding hydrogens is 546 g/mol. The molecular formula is C31H30ClN3O4S. The summed E-state index contributed by atoms with van der Waals surface area (Å²) < 4.78 is 34.2. The van der Waals surface area contributed by atoms with Crippen LogP contribution >= 0.6 is 11.6 Å². The Labute approximate surface area is 240 Å². The highest BCUT2D eigenvalue weighted by Crippen LogP contribution is 2.27. The third-order valence-corrected chi connectivity index (χ3v) is 8.17. The van der Waals surface area contributed by atoms with E-state index < -0.39 is 22.5 Å². The lowest BCUT2D eigenvalue weighted by molar-refractivity contribution is -0.119. The molecule has 0 aromatic heterocycles. The average molecular weight is 576 g/mol. The first-order chi connectivity index (χ1) is 19.3. The van der Waals surface area contributed by atoms with Gasteiger partial charge in [-0.25, -0.2) is 13.8 Å². The number of ether oxygens (including phenoxy) is 1. The van der Waals surface area contributed by atoms with Gasteiger partial charge in [-0.1, -0.05) is 66.6 Å². The number of aryl methyl sites for hydroxylation is 2. The fourth-order valence-electron chi connectivity index (χ4n) is 3.93. The summed E-state index contributed by atoms with van der Waals surface area (Å²) in [6, 6.07) is 28.4. The van der Waals surface area contributed by atoms with E-state index in [0.717, 1.165) is 26.6 Å². The average Bonchev–Trinajstić information content (AvgIpc) is 2.96. The van der Waals surface area contributed by atoms with Gasteiger partial charge in [0.15, 0.2) is 0 Å². The third kappa shape index (κ3) is 7.49. The minimum Gasteiger partial charge on any atom is -0.489 e. The van der Waals surface area contributed by atoms with Gasteiger partial charge < -0.3 is 4.74 Å². The zero-order valence-electron chi connectivity index (χ0n) is 22.2. The van der Waals surface area contributed by atoms with Crippen LogP contribution in [-0.2, 0) is 27.8 Å². The first-order valence-electron chi connectivity index (χ1n) is 12.7. The van der Waals surface area contributed by atoms with Crippen molar-refractivity contribution in [2.45, 2.75) is 31.8 Å². The van der Waals surface area contributed by atoms with Gasteiger partial charge in [-0.05, 0) is 84.6 Å². The molecule has 0 bridgehead atoms.